The first-order chi connectivity index (χ1) is 11.0. The van der Waals surface area contributed by atoms with E-state index in [1.165, 1.54) is 0 Å². The molecule has 0 amide bonds. The van der Waals surface area contributed by atoms with Gasteiger partial charge in [0, 0.05) is 18.0 Å². The molecule has 0 spiro atoms. The van der Waals surface area contributed by atoms with E-state index in [1.807, 2.05) is 38.2 Å². The number of benzene rings is 1. The molecule has 0 radical (unpaired) electrons. The molecule has 2 aromatic heterocycles. The SMILES string of the molecule is Cc1cc(C)c(-n2cccn2)c(-c2nc(N)nc(N)c2C#N)c1. The quantitative estimate of drug-likeness (QED) is 0.747. The Morgan fingerprint density at radius 3 is 2.61 bits per heavy atom. The van der Waals surface area contributed by atoms with Gasteiger partial charge in [0.2, 0.25) is 5.95 Å². The van der Waals surface area contributed by atoms with Crippen molar-refractivity contribution in [3.8, 4) is 23.0 Å². The summed E-state index contributed by atoms with van der Waals surface area (Å²) in [6, 6.07) is 7.87. The molecule has 114 valence electrons. The summed E-state index contributed by atoms with van der Waals surface area (Å²) in [5.41, 5.74) is 15.8. The van der Waals surface area contributed by atoms with Gasteiger partial charge in [-0.05, 0) is 31.5 Å². The third-order valence-electron chi connectivity index (χ3n) is 3.50. The van der Waals surface area contributed by atoms with E-state index >= 15 is 0 Å². The molecule has 0 saturated carbocycles. The van der Waals surface area contributed by atoms with Gasteiger partial charge in [0.05, 0.1) is 11.4 Å². The van der Waals surface area contributed by atoms with Crippen molar-refractivity contribution in [1.82, 2.24) is 19.7 Å². The molecule has 0 bridgehead atoms. The van der Waals surface area contributed by atoms with Crippen LogP contribution in [-0.2, 0) is 0 Å². The lowest BCUT2D eigenvalue weighted by atomic mass is 9.99. The largest absolute Gasteiger partial charge is 0.382 e. The van der Waals surface area contributed by atoms with Crippen molar-refractivity contribution in [1.29, 1.82) is 5.26 Å². The van der Waals surface area contributed by atoms with Crippen LogP contribution < -0.4 is 11.5 Å². The van der Waals surface area contributed by atoms with Gasteiger partial charge in [-0.15, -0.1) is 0 Å². The third-order valence-corrected chi connectivity index (χ3v) is 3.50. The van der Waals surface area contributed by atoms with E-state index in [4.69, 9.17) is 11.5 Å². The highest BCUT2D eigenvalue weighted by Crippen LogP contribution is 2.33. The summed E-state index contributed by atoms with van der Waals surface area (Å²) < 4.78 is 1.74. The molecule has 2 heterocycles. The summed E-state index contributed by atoms with van der Waals surface area (Å²) in [4.78, 5) is 8.12. The minimum atomic E-state index is 0.0297. The first-order valence-corrected chi connectivity index (χ1v) is 6.96. The van der Waals surface area contributed by atoms with E-state index in [-0.39, 0.29) is 17.3 Å². The average Bonchev–Trinajstić information content (AvgIpc) is 2.99. The van der Waals surface area contributed by atoms with Crippen molar-refractivity contribution in [3.63, 3.8) is 0 Å². The number of nitriles is 1. The summed E-state index contributed by atoms with van der Waals surface area (Å²) in [5.74, 6) is 0.0997. The monoisotopic (exact) mass is 305 g/mol. The van der Waals surface area contributed by atoms with E-state index in [0.717, 1.165) is 22.4 Å². The lowest BCUT2D eigenvalue weighted by Crippen LogP contribution is -2.08. The molecule has 3 rings (SSSR count). The number of aromatic nitrogens is 4. The van der Waals surface area contributed by atoms with E-state index in [0.29, 0.717) is 5.69 Å². The van der Waals surface area contributed by atoms with Gasteiger partial charge in [-0.2, -0.15) is 15.3 Å². The maximum Gasteiger partial charge on any atom is 0.222 e. The zero-order valence-electron chi connectivity index (χ0n) is 12.8. The number of anilines is 2. The van der Waals surface area contributed by atoms with Crippen LogP contribution in [0, 0.1) is 25.2 Å². The lowest BCUT2D eigenvalue weighted by molar-refractivity contribution is 0.872. The summed E-state index contributed by atoms with van der Waals surface area (Å²) in [6.07, 6.45) is 3.53. The second-order valence-electron chi connectivity index (χ2n) is 5.23. The van der Waals surface area contributed by atoms with Crippen LogP contribution in [0.25, 0.3) is 16.9 Å². The Labute approximate surface area is 133 Å². The van der Waals surface area contributed by atoms with Gasteiger partial charge in [-0.25, -0.2) is 9.67 Å². The first kappa shape index (κ1) is 14.5. The number of nitrogens with zero attached hydrogens (tertiary/aromatic N) is 5. The predicted molar refractivity (Wildman–Crippen MR) is 87.6 cm³/mol. The van der Waals surface area contributed by atoms with Crippen molar-refractivity contribution >= 4 is 11.8 Å². The first-order valence-electron chi connectivity index (χ1n) is 6.96. The molecule has 0 saturated heterocycles. The van der Waals surface area contributed by atoms with Crippen molar-refractivity contribution in [2.45, 2.75) is 13.8 Å². The highest BCUT2D eigenvalue weighted by Gasteiger charge is 2.19. The van der Waals surface area contributed by atoms with Crippen LogP contribution in [0.4, 0.5) is 11.8 Å². The zero-order chi connectivity index (χ0) is 16.6. The summed E-state index contributed by atoms with van der Waals surface area (Å²) in [7, 11) is 0. The summed E-state index contributed by atoms with van der Waals surface area (Å²) >= 11 is 0. The number of rotatable bonds is 2. The van der Waals surface area contributed by atoms with Gasteiger partial charge in [0.1, 0.15) is 17.5 Å². The molecule has 4 N–H and O–H groups in total. The van der Waals surface area contributed by atoms with Gasteiger partial charge in [0.15, 0.2) is 0 Å². The number of nitrogens with two attached hydrogens (primary N) is 2. The van der Waals surface area contributed by atoms with E-state index < -0.39 is 0 Å². The fraction of sp³-hybridized carbons (Fsp3) is 0.125. The summed E-state index contributed by atoms with van der Waals surface area (Å²) in [5, 5.41) is 13.7. The Bertz CT molecular complexity index is 921. The van der Waals surface area contributed by atoms with E-state index in [2.05, 4.69) is 21.1 Å². The van der Waals surface area contributed by atoms with Crippen molar-refractivity contribution in [2.24, 2.45) is 0 Å². The van der Waals surface area contributed by atoms with Crippen LogP contribution in [-0.4, -0.2) is 19.7 Å². The van der Waals surface area contributed by atoms with Gasteiger partial charge >= 0.3 is 0 Å². The average molecular weight is 305 g/mol. The van der Waals surface area contributed by atoms with Crippen LogP contribution in [0.5, 0.6) is 0 Å². The third kappa shape index (κ3) is 2.46. The maximum absolute atomic E-state index is 9.44. The molecule has 3 aromatic rings. The Morgan fingerprint density at radius 2 is 1.96 bits per heavy atom. The van der Waals surface area contributed by atoms with Crippen LogP contribution in [0.15, 0.2) is 30.6 Å². The second-order valence-corrected chi connectivity index (χ2v) is 5.23. The highest BCUT2D eigenvalue weighted by molar-refractivity contribution is 5.80. The van der Waals surface area contributed by atoms with Crippen molar-refractivity contribution in [2.75, 3.05) is 11.5 Å². The molecule has 7 nitrogen and oxygen atoms in total. The minimum Gasteiger partial charge on any atom is -0.382 e. The smallest absolute Gasteiger partial charge is 0.222 e. The Hall–Kier alpha value is -3.40. The van der Waals surface area contributed by atoms with Gasteiger partial charge < -0.3 is 11.5 Å². The van der Waals surface area contributed by atoms with Gasteiger partial charge in [-0.3, -0.25) is 0 Å². The van der Waals surface area contributed by atoms with E-state index in [1.54, 1.807) is 10.9 Å². The number of aryl methyl sites for hydroxylation is 2. The molecular formula is C16H15N7. The van der Waals surface area contributed by atoms with Crippen molar-refractivity contribution < 1.29 is 0 Å². The van der Waals surface area contributed by atoms with E-state index in [9.17, 15) is 5.26 Å². The molecule has 0 aliphatic heterocycles. The molecule has 0 unspecified atom stereocenters. The molecule has 7 heteroatoms. The zero-order valence-corrected chi connectivity index (χ0v) is 12.8. The maximum atomic E-state index is 9.44. The minimum absolute atomic E-state index is 0.0297. The van der Waals surface area contributed by atoms with Gasteiger partial charge in [0.25, 0.3) is 0 Å². The topological polar surface area (TPSA) is 119 Å². The second kappa shape index (κ2) is 5.42. The molecule has 0 fully saturated rings. The number of hydrogen-bond donors (Lipinski definition) is 2. The van der Waals surface area contributed by atoms with Crippen LogP contribution in [0.1, 0.15) is 16.7 Å². The fourth-order valence-electron chi connectivity index (χ4n) is 2.65. The molecular weight excluding hydrogens is 290 g/mol. The Balaban J connectivity index is 2.40. The van der Waals surface area contributed by atoms with Crippen molar-refractivity contribution in [3.05, 3.63) is 47.3 Å². The highest BCUT2D eigenvalue weighted by atomic mass is 15.3. The Kier molecular flexibility index (Phi) is 3.43. The standard InChI is InChI=1S/C16H15N7/c1-9-6-10(2)14(23-5-3-4-20-23)11(7-9)13-12(8-17)15(18)22-16(19)21-13/h3-7H,1-2H3,(H4,18,19,21,22). The predicted octanol–water partition coefficient (Wildman–Crippen LogP) is 1.98. The molecule has 23 heavy (non-hydrogen) atoms. The molecule has 0 aliphatic carbocycles. The van der Waals surface area contributed by atoms with Crippen LogP contribution in [0.3, 0.4) is 0 Å². The Morgan fingerprint density at radius 1 is 1.17 bits per heavy atom. The van der Waals surface area contributed by atoms with Crippen LogP contribution in [0.2, 0.25) is 0 Å². The lowest BCUT2D eigenvalue weighted by Gasteiger charge is -2.15. The van der Waals surface area contributed by atoms with Gasteiger partial charge in [-0.1, -0.05) is 11.6 Å². The summed E-state index contributed by atoms with van der Waals surface area (Å²) in [6.45, 7) is 3.96. The fourth-order valence-corrected chi connectivity index (χ4v) is 2.65. The van der Waals surface area contributed by atoms with Crippen LogP contribution >= 0.6 is 0 Å². The molecule has 0 aliphatic rings. The normalized spacial score (nSPS) is 10.5. The molecule has 1 aromatic carbocycles. The number of nitrogen functional groups attached to an aromatic ring is 2. The molecule has 0 atom stereocenters. The number of hydrogen-bond acceptors (Lipinski definition) is 6.